The smallest absolute Gasteiger partial charge is 0.406 e. The van der Waals surface area contributed by atoms with Crippen LogP contribution in [0.1, 0.15) is 32.1 Å². The molecular weight excluding hydrogens is 254 g/mol. The summed E-state index contributed by atoms with van der Waals surface area (Å²) in [5, 5.41) is 0. The Balaban J connectivity index is 1.70. The van der Waals surface area contributed by atoms with E-state index in [1.54, 1.807) is 22.9 Å². The molecule has 2 aromatic rings. The largest absolute Gasteiger partial charge is 0.421 e. The van der Waals surface area contributed by atoms with Crippen LogP contribution in [0.3, 0.4) is 0 Å². The van der Waals surface area contributed by atoms with Crippen LogP contribution in [0.25, 0.3) is 11.2 Å². The van der Waals surface area contributed by atoms with Crippen LogP contribution in [0, 0.1) is 0 Å². The molecule has 1 saturated carbocycles. The van der Waals surface area contributed by atoms with Crippen molar-refractivity contribution in [1.82, 2.24) is 14.5 Å². The first-order valence-corrected chi connectivity index (χ1v) is 7.40. The Morgan fingerprint density at radius 2 is 2.20 bits per heavy atom. The maximum Gasteiger partial charge on any atom is 0.421 e. The fraction of sp³-hybridized carbons (Fsp3) is 0.600. The normalized spacial score (nSPS) is 17.1. The number of pyridine rings is 1. The summed E-state index contributed by atoms with van der Waals surface area (Å²) in [7, 11) is 2.15. The molecule has 0 bridgehead atoms. The Morgan fingerprint density at radius 3 is 3.00 bits per heavy atom. The molecule has 1 aliphatic carbocycles. The predicted molar refractivity (Wildman–Crippen MR) is 77.8 cm³/mol. The van der Waals surface area contributed by atoms with E-state index >= 15 is 0 Å². The van der Waals surface area contributed by atoms with Gasteiger partial charge in [0.2, 0.25) is 0 Å². The average Bonchev–Trinajstić information content (AvgIpc) is 2.81. The Bertz CT molecular complexity index is 625. The molecule has 3 rings (SSSR count). The molecule has 5 heteroatoms. The lowest BCUT2D eigenvalue weighted by Crippen LogP contribution is -2.36. The van der Waals surface area contributed by atoms with E-state index in [2.05, 4.69) is 16.9 Å². The van der Waals surface area contributed by atoms with Gasteiger partial charge in [-0.1, -0.05) is 19.3 Å². The molecule has 0 saturated heterocycles. The van der Waals surface area contributed by atoms with E-state index in [0.717, 1.165) is 6.54 Å². The van der Waals surface area contributed by atoms with Gasteiger partial charge in [0.1, 0.15) is 0 Å². The molecule has 1 fully saturated rings. The molecule has 5 nitrogen and oxygen atoms in total. The van der Waals surface area contributed by atoms with Gasteiger partial charge in [-0.25, -0.2) is 9.78 Å². The third-order valence-corrected chi connectivity index (χ3v) is 4.30. The fourth-order valence-corrected chi connectivity index (χ4v) is 3.06. The Labute approximate surface area is 118 Å². The first kappa shape index (κ1) is 13.4. The van der Waals surface area contributed by atoms with Gasteiger partial charge in [0, 0.05) is 25.3 Å². The summed E-state index contributed by atoms with van der Waals surface area (Å²) in [6, 6.07) is 4.22. The minimum atomic E-state index is -0.309. The maximum absolute atomic E-state index is 11.9. The quantitative estimate of drug-likeness (QED) is 0.859. The highest BCUT2D eigenvalue weighted by atomic mass is 16.4. The molecule has 0 amide bonds. The average molecular weight is 275 g/mol. The Hall–Kier alpha value is -1.62. The van der Waals surface area contributed by atoms with Crippen LogP contribution >= 0.6 is 0 Å². The number of aromatic nitrogens is 2. The topological polar surface area (TPSA) is 51.3 Å². The lowest BCUT2D eigenvalue weighted by Gasteiger charge is -2.31. The molecule has 108 valence electrons. The second kappa shape index (κ2) is 5.79. The zero-order chi connectivity index (χ0) is 13.9. The SMILES string of the molecule is CN(CCn1c(=O)oc2cccnc21)C1CCCCC1. The van der Waals surface area contributed by atoms with Gasteiger partial charge in [-0.05, 0) is 32.0 Å². The van der Waals surface area contributed by atoms with E-state index in [4.69, 9.17) is 4.42 Å². The van der Waals surface area contributed by atoms with Gasteiger partial charge in [0.05, 0.1) is 0 Å². The number of likely N-dealkylation sites (N-methyl/N-ethyl adjacent to an activating group) is 1. The molecule has 1 aliphatic rings. The van der Waals surface area contributed by atoms with Crippen LogP contribution in [-0.2, 0) is 6.54 Å². The lowest BCUT2D eigenvalue weighted by molar-refractivity contribution is 0.185. The Morgan fingerprint density at radius 1 is 1.40 bits per heavy atom. The van der Waals surface area contributed by atoms with E-state index in [-0.39, 0.29) is 5.76 Å². The standard InChI is InChI=1S/C15H21N3O2/c1-17(12-6-3-2-4-7-12)10-11-18-14-13(20-15(18)19)8-5-9-16-14/h5,8-9,12H,2-4,6-7,10-11H2,1H3. The molecule has 0 aromatic carbocycles. The number of fused-ring (bicyclic) bond motifs is 1. The second-order valence-electron chi connectivity index (χ2n) is 5.62. The predicted octanol–water partition coefficient (Wildman–Crippen LogP) is 2.25. The summed E-state index contributed by atoms with van der Waals surface area (Å²) < 4.78 is 6.84. The first-order valence-electron chi connectivity index (χ1n) is 7.40. The summed E-state index contributed by atoms with van der Waals surface area (Å²) in [4.78, 5) is 18.5. The van der Waals surface area contributed by atoms with Gasteiger partial charge in [-0.2, -0.15) is 0 Å². The Kier molecular flexibility index (Phi) is 3.87. The van der Waals surface area contributed by atoms with Crippen LogP contribution in [0.4, 0.5) is 0 Å². The summed E-state index contributed by atoms with van der Waals surface area (Å²) in [5.74, 6) is -0.309. The number of oxazole rings is 1. The molecule has 20 heavy (non-hydrogen) atoms. The lowest BCUT2D eigenvalue weighted by atomic mass is 9.94. The van der Waals surface area contributed by atoms with Crippen molar-refractivity contribution in [1.29, 1.82) is 0 Å². The van der Waals surface area contributed by atoms with Gasteiger partial charge in [0.15, 0.2) is 11.2 Å². The summed E-state index contributed by atoms with van der Waals surface area (Å²) in [6.45, 7) is 1.49. The summed E-state index contributed by atoms with van der Waals surface area (Å²) in [5.41, 5.74) is 1.22. The van der Waals surface area contributed by atoms with Crippen molar-refractivity contribution in [3.63, 3.8) is 0 Å². The minimum absolute atomic E-state index is 0.309. The number of hydrogen-bond donors (Lipinski definition) is 0. The highest BCUT2D eigenvalue weighted by Crippen LogP contribution is 2.21. The van der Waals surface area contributed by atoms with Crippen LogP contribution in [0.2, 0.25) is 0 Å². The van der Waals surface area contributed by atoms with E-state index in [0.29, 0.717) is 23.8 Å². The zero-order valence-electron chi connectivity index (χ0n) is 11.9. The van der Waals surface area contributed by atoms with Gasteiger partial charge in [-0.15, -0.1) is 0 Å². The van der Waals surface area contributed by atoms with Crippen molar-refractivity contribution >= 4 is 11.2 Å². The third kappa shape index (κ3) is 2.63. The van der Waals surface area contributed by atoms with Crippen molar-refractivity contribution in [2.45, 2.75) is 44.7 Å². The van der Waals surface area contributed by atoms with Crippen LogP contribution < -0.4 is 5.76 Å². The van der Waals surface area contributed by atoms with E-state index < -0.39 is 0 Å². The number of hydrogen-bond acceptors (Lipinski definition) is 4. The molecule has 0 unspecified atom stereocenters. The van der Waals surface area contributed by atoms with E-state index in [1.807, 2.05) is 0 Å². The monoisotopic (exact) mass is 275 g/mol. The molecule has 0 aliphatic heterocycles. The number of rotatable bonds is 4. The van der Waals surface area contributed by atoms with Gasteiger partial charge in [0.25, 0.3) is 0 Å². The summed E-state index contributed by atoms with van der Waals surface area (Å²) >= 11 is 0. The minimum Gasteiger partial charge on any atom is -0.406 e. The molecule has 0 spiro atoms. The second-order valence-corrected chi connectivity index (χ2v) is 5.62. The fourth-order valence-electron chi connectivity index (χ4n) is 3.06. The zero-order valence-corrected chi connectivity index (χ0v) is 11.9. The van der Waals surface area contributed by atoms with E-state index in [9.17, 15) is 4.79 Å². The molecule has 0 atom stereocenters. The van der Waals surface area contributed by atoms with Crippen molar-refractivity contribution in [3.05, 3.63) is 28.9 Å². The molecule has 2 aromatic heterocycles. The molecular formula is C15H21N3O2. The third-order valence-electron chi connectivity index (χ3n) is 4.30. The molecule has 0 N–H and O–H groups in total. The highest BCUT2D eigenvalue weighted by molar-refractivity contribution is 5.67. The maximum atomic E-state index is 11.9. The van der Waals surface area contributed by atoms with Crippen molar-refractivity contribution in [2.24, 2.45) is 0 Å². The number of nitrogens with zero attached hydrogens (tertiary/aromatic N) is 3. The molecule has 2 heterocycles. The first-order chi connectivity index (χ1) is 9.75. The van der Waals surface area contributed by atoms with Gasteiger partial charge < -0.3 is 9.32 Å². The van der Waals surface area contributed by atoms with Crippen LogP contribution in [-0.4, -0.2) is 34.1 Å². The van der Waals surface area contributed by atoms with Crippen molar-refractivity contribution in [2.75, 3.05) is 13.6 Å². The summed E-state index contributed by atoms with van der Waals surface area (Å²) in [6.07, 6.45) is 8.25. The van der Waals surface area contributed by atoms with Crippen LogP contribution in [0.15, 0.2) is 27.5 Å². The van der Waals surface area contributed by atoms with Gasteiger partial charge >= 0.3 is 5.76 Å². The van der Waals surface area contributed by atoms with Gasteiger partial charge in [-0.3, -0.25) is 4.57 Å². The van der Waals surface area contributed by atoms with E-state index in [1.165, 1.54) is 32.1 Å². The highest BCUT2D eigenvalue weighted by Gasteiger charge is 2.18. The van der Waals surface area contributed by atoms with Crippen molar-refractivity contribution in [3.8, 4) is 0 Å². The van der Waals surface area contributed by atoms with Crippen molar-refractivity contribution < 1.29 is 4.42 Å². The van der Waals surface area contributed by atoms with Crippen LogP contribution in [0.5, 0.6) is 0 Å². The molecule has 0 radical (unpaired) electrons.